The molecule has 0 saturated heterocycles. The summed E-state index contributed by atoms with van der Waals surface area (Å²) in [5, 5.41) is 6.23. The Bertz CT molecular complexity index is 909. The largest absolute Gasteiger partial charge is 0.497 e. The molecule has 0 radical (unpaired) electrons. The summed E-state index contributed by atoms with van der Waals surface area (Å²) >= 11 is 0. The lowest BCUT2D eigenvalue weighted by Gasteiger charge is -2.50. The number of benzene rings is 1. The summed E-state index contributed by atoms with van der Waals surface area (Å²) in [6, 6.07) is 6.94. The lowest BCUT2D eigenvalue weighted by Crippen LogP contribution is -2.44. The molecule has 5 heteroatoms. The maximum Gasteiger partial charge on any atom is 0.315 e. The molecule has 2 amide bonds. The third-order valence-electron chi connectivity index (χ3n) is 9.76. The molecular formula is C29H42N2O3. The molecule has 5 rings (SSSR count). The van der Waals surface area contributed by atoms with E-state index < -0.39 is 0 Å². The summed E-state index contributed by atoms with van der Waals surface area (Å²) < 4.78 is 5.47. The van der Waals surface area contributed by atoms with Crippen LogP contribution in [-0.4, -0.2) is 31.5 Å². The number of methoxy groups -OCH3 is 1. The van der Waals surface area contributed by atoms with Gasteiger partial charge in [-0.15, -0.1) is 0 Å². The first kappa shape index (κ1) is 23.7. The van der Waals surface area contributed by atoms with E-state index in [1.165, 1.54) is 36.8 Å². The molecule has 0 spiro atoms. The van der Waals surface area contributed by atoms with Gasteiger partial charge in [0.2, 0.25) is 0 Å². The van der Waals surface area contributed by atoms with Crippen LogP contribution < -0.4 is 15.4 Å². The second kappa shape index (κ2) is 9.91. The lowest BCUT2D eigenvalue weighted by atomic mass is 9.54. The van der Waals surface area contributed by atoms with Crippen LogP contribution in [0.25, 0.3) is 0 Å². The topological polar surface area (TPSA) is 67.4 Å². The number of rotatable bonds is 6. The minimum atomic E-state index is -0.151. The van der Waals surface area contributed by atoms with Crippen LogP contribution >= 0.6 is 0 Å². The molecule has 1 aromatic rings. The Labute approximate surface area is 204 Å². The second-order valence-corrected chi connectivity index (χ2v) is 11.6. The van der Waals surface area contributed by atoms with E-state index in [4.69, 9.17) is 4.74 Å². The monoisotopic (exact) mass is 466 g/mol. The number of carbonyl (C=O) groups excluding carboxylic acids is 2. The number of carbonyl (C=O) groups is 2. The van der Waals surface area contributed by atoms with Gasteiger partial charge in [0.25, 0.3) is 0 Å². The van der Waals surface area contributed by atoms with Crippen LogP contribution in [-0.2, 0) is 11.2 Å². The van der Waals surface area contributed by atoms with Crippen molar-refractivity contribution in [2.45, 2.75) is 95.9 Å². The van der Waals surface area contributed by atoms with Crippen molar-refractivity contribution in [2.24, 2.45) is 23.2 Å². The van der Waals surface area contributed by atoms with Crippen molar-refractivity contribution in [3.05, 3.63) is 29.3 Å². The Balaban J connectivity index is 1.20. The van der Waals surface area contributed by atoms with E-state index in [0.29, 0.717) is 42.0 Å². The van der Waals surface area contributed by atoms with Crippen LogP contribution in [0.5, 0.6) is 5.75 Å². The van der Waals surface area contributed by atoms with Crippen LogP contribution in [0.4, 0.5) is 4.79 Å². The maximum absolute atomic E-state index is 13.2. The number of ether oxygens (including phenoxy) is 1. The van der Waals surface area contributed by atoms with E-state index in [-0.39, 0.29) is 11.4 Å². The van der Waals surface area contributed by atoms with Crippen molar-refractivity contribution in [3.8, 4) is 5.75 Å². The van der Waals surface area contributed by atoms with Crippen molar-refractivity contribution in [1.82, 2.24) is 10.6 Å². The van der Waals surface area contributed by atoms with Gasteiger partial charge in [-0.1, -0.05) is 32.3 Å². The number of hydrogen-bond donors (Lipinski definition) is 2. The van der Waals surface area contributed by atoms with Gasteiger partial charge in [-0.05, 0) is 98.3 Å². The summed E-state index contributed by atoms with van der Waals surface area (Å²) in [6.07, 6.45) is 13.1. The molecule has 4 aliphatic rings. The number of aryl methyl sites for hydroxylation is 1. The van der Waals surface area contributed by atoms with Crippen LogP contribution in [0.3, 0.4) is 0 Å². The summed E-state index contributed by atoms with van der Waals surface area (Å²) in [7, 11) is 1.74. The van der Waals surface area contributed by atoms with Gasteiger partial charge in [-0.2, -0.15) is 0 Å². The molecule has 3 saturated carbocycles. The highest BCUT2D eigenvalue weighted by molar-refractivity contribution is 5.87. The van der Waals surface area contributed by atoms with Crippen LogP contribution in [0.1, 0.15) is 94.6 Å². The number of ketones is 1. The van der Waals surface area contributed by atoms with E-state index in [2.05, 4.69) is 35.8 Å². The van der Waals surface area contributed by atoms with Gasteiger partial charge < -0.3 is 15.4 Å². The molecule has 2 N–H and O–H groups in total. The van der Waals surface area contributed by atoms with Gasteiger partial charge >= 0.3 is 6.03 Å². The fourth-order valence-electron chi connectivity index (χ4n) is 8.06. The van der Waals surface area contributed by atoms with Gasteiger partial charge in [0, 0.05) is 24.4 Å². The first-order valence-corrected chi connectivity index (χ1v) is 13.7. The second-order valence-electron chi connectivity index (χ2n) is 11.6. The van der Waals surface area contributed by atoms with Crippen LogP contribution in [0.15, 0.2) is 18.2 Å². The minimum absolute atomic E-state index is 0.0173. The van der Waals surface area contributed by atoms with E-state index in [1.54, 1.807) is 7.11 Å². The maximum atomic E-state index is 13.2. The van der Waals surface area contributed by atoms with E-state index in [0.717, 1.165) is 57.1 Å². The molecule has 0 heterocycles. The highest BCUT2D eigenvalue weighted by Gasteiger charge is 2.58. The number of nitrogens with one attached hydrogen (secondary N) is 2. The summed E-state index contributed by atoms with van der Waals surface area (Å²) in [5.74, 6) is 3.54. The normalized spacial score (nSPS) is 32.9. The summed E-state index contributed by atoms with van der Waals surface area (Å²) in [4.78, 5) is 25.5. The first-order valence-electron chi connectivity index (χ1n) is 13.7. The third kappa shape index (κ3) is 4.47. The van der Waals surface area contributed by atoms with Gasteiger partial charge in [0.15, 0.2) is 0 Å². The Morgan fingerprint density at radius 1 is 1.15 bits per heavy atom. The molecule has 5 nitrogen and oxygen atoms in total. The minimum Gasteiger partial charge on any atom is -0.497 e. The molecule has 34 heavy (non-hydrogen) atoms. The van der Waals surface area contributed by atoms with Crippen LogP contribution in [0.2, 0.25) is 0 Å². The fraction of sp³-hybridized carbons (Fsp3) is 0.724. The number of Topliss-reactive ketones (excluding diaryl/α,β-unsaturated/α-hetero) is 1. The molecule has 0 aliphatic heterocycles. The molecule has 4 aliphatic carbocycles. The number of fused-ring (bicyclic) bond motifs is 5. The van der Waals surface area contributed by atoms with Gasteiger partial charge in [0.05, 0.1) is 7.11 Å². The molecule has 1 aromatic carbocycles. The molecule has 5 atom stereocenters. The van der Waals surface area contributed by atoms with Gasteiger partial charge in [0.1, 0.15) is 11.5 Å². The predicted molar refractivity (Wildman–Crippen MR) is 134 cm³/mol. The molecule has 186 valence electrons. The standard InChI is InChI=1S/C29H42N2O3/c1-29-15-14-24-23-13-11-22(34-2)17-19(23)10-12-25(24)27(29)20(18-26(29)32)7-6-16-30-28(33)31-21-8-4-3-5-9-21/h11,13,17,20-21,24-25,27H,3-10,12,14-16,18H2,1-2H3,(H2,30,31,33)/t20-,24-,25-,27+,29-/m1/s1. The molecular weight excluding hydrogens is 424 g/mol. The number of amides is 2. The SMILES string of the molecule is COc1ccc2c(c1)CC[C@H]1[C@@H]3[C@H](CCCNC(=O)NC4CCCCC4)CC(=O)[C@@]3(C)CC[C@H]21. The van der Waals surface area contributed by atoms with Crippen molar-refractivity contribution < 1.29 is 14.3 Å². The molecule has 0 aromatic heterocycles. The Morgan fingerprint density at radius 2 is 1.97 bits per heavy atom. The Kier molecular flexibility index (Phi) is 6.90. The van der Waals surface area contributed by atoms with E-state index in [1.807, 2.05) is 0 Å². The summed E-state index contributed by atoms with van der Waals surface area (Å²) in [5.41, 5.74) is 2.79. The number of urea groups is 1. The quantitative estimate of drug-likeness (QED) is 0.524. The van der Waals surface area contributed by atoms with Crippen molar-refractivity contribution in [1.29, 1.82) is 0 Å². The zero-order valence-electron chi connectivity index (χ0n) is 21.0. The fourth-order valence-corrected chi connectivity index (χ4v) is 8.06. The summed E-state index contributed by atoms with van der Waals surface area (Å²) in [6.45, 7) is 2.96. The predicted octanol–water partition coefficient (Wildman–Crippen LogP) is 5.76. The highest BCUT2D eigenvalue weighted by atomic mass is 16.5. The lowest BCUT2D eigenvalue weighted by molar-refractivity contribution is -0.129. The third-order valence-corrected chi connectivity index (χ3v) is 9.76. The number of hydrogen-bond acceptors (Lipinski definition) is 3. The van der Waals surface area contributed by atoms with E-state index >= 15 is 0 Å². The Hall–Kier alpha value is -2.04. The molecule has 3 fully saturated rings. The van der Waals surface area contributed by atoms with Gasteiger partial charge in [-0.3, -0.25) is 4.79 Å². The van der Waals surface area contributed by atoms with Crippen molar-refractivity contribution in [2.75, 3.05) is 13.7 Å². The smallest absolute Gasteiger partial charge is 0.315 e. The first-order chi connectivity index (χ1) is 16.5. The molecule has 0 unspecified atom stereocenters. The average molecular weight is 467 g/mol. The zero-order chi connectivity index (χ0) is 23.7. The molecule has 0 bridgehead atoms. The Morgan fingerprint density at radius 3 is 2.76 bits per heavy atom. The van der Waals surface area contributed by atoms with Gasteiger partial charge in [-0.25, -0.2) is 4.79 Å². The highest BCUT2D eigenvalue weighted by Crippen LogP contribution is 2.62. The van der Waals surface area contributed by atoms with Crippen molar-refractivity contribution in [3.63, 3.8) is 0 Å². The van der Waals surface area contributed by atoms with E-state index in [9.17, 15) is 9.59 Å². The average Bonchev–Trinajstić information content (AvgIpc) is 3.11. The van der Waals surface area contributed by atoms with Crippen LogP contribution in [0, 0.1) is 23.2 Å². The zero-order valence-corrected chi connectivity index (χ0v) is 21.0. The van der Waals surface area contributed by atoms with Crippen molar-refractivity contribution >= 4 is 11.8 Å².